The fraction of sp³-hybridized carbons (Fsp3) is 0.409. The van der Waals surface area contributed by atoms with Crippen molar-refractivity contribution in [2.75, 3.05) is 20.6 Å². The van der Waals surface area contributed by atoms with Crippen molar-refractivity contribution in [1.29, 1.82) is 0 Å². The van der Waals surface area contributed by atoms with Gasteiger partial charge in [0.05, 0.1) is 12.1 Å². The predicted molar refractivity (Wildman–Crippen MR) is 106 cm³/mol. The summed E-state index contributed by atoms with van der Waals surface area (Å²) in [4.78, 5) is 14.8. The molecule has 0 bridgehead atoms. The van der Waals surface area contributed by atoms with Crippen molar-refractivity contribution >= 4 is 6.03 Å². The van der Waals surface area contributed by atoms with Gasteiger partial charge in [-0.05, 0) is 50.9 Å². The lowest BCUT2D eigenvalue weighted by atomic mass is 10.0. The van der Waals surface area contributed by atoms with Gasteiger partial charge in [-0.25, -0.2) is 4.79 Å². The Morgan fingerprint density at radius 3 is 2.23 bits per heavy atom. The van der Waals surface area contributed by atoms with Crippen LogP contribution in [0.15, 0.2) is 54.6 Å². The molecule has 0 radical (unpaired) electrons. The van der Waals surface area contributed by atoms with Crippen molar-refractivity contribution in [2.24, 2.45) is 5.92 Å². The number of carbonyl (C=O) groups is 1. The summed E-state index contributed by atoms with van der Waals surface area (Å²) >= 11 is 0. The van der Waals surface area contributed by atoms with Crippen LogP contribution in [0.5, 0.6) is 0 Å². The van der Waals surface area contributed by atoms with Gasteiger partial charge in [-0.15, -0.1) is 0 Å². The predicted octanol–water partition coefficient (Wildman–Crippen LogP) is 4.05. The number of rotatable bonds is 7. The van der Waals surface area contributed by atoms with Crippen molar-refractivity contribution in [2.45, 2.75) is 31.8 Å². The van der Waals surface area contributed by atoms with E-state index < -0.39 is 0 Å². The van der Waals surface area contributed by atoms with Crippen LogP contribution in [0, 0.1) is 12.8 Å². The second kappa shape index (κ2) is 8.37. The van der Waals surface area contributed by atoms with Crippen molar-refractivity contribution in [3.8, 4) is 0 Å². The van der Waals surface area contributed by atoms with Crippen LogP contribution in [-0.2, 0) is 0 Å². The molecule has 4 heteroatoms. The molecular weight excluding hydrogens is 322 g/mol. The number of benzene rings is 2. The largest absolute Gasteiger partial charge is 0.331 e. The number of aryl methyl sites for hydroxylation is 1. The number of hydrogen-bond donors (Lipinski definition) is 2. The van der Waals surface area contributed by atoms with Crippen molar-refractivity contribution in [1.82, 2.24) is 15.5 Å². The Balaban J connectivity index is 1.69. The second-order valence-corrected chi connectivity index (χ2v) is 7.57. The molecule has 138 valence electrons. The van der Waals surface area contributed by atoms with Crippen LogP contribution in [0.4, 0.5) is 4.79 Å². The summed E-state index contributed by atoms with van der Waals surface area (Å²) in [5.41, 5.74) is 3.55. The highest BCUT2D eigenvalue weighted by molar-refractivity contribution is 5.75. The van der Waals surface area contributed by atoms with Gasteiger partial charge >= 0.3 is 6.03 Å². The van der Waals surface area contributed by atoms with Gasteiger partial charge in [0.1, 0.15) is 0 Å². The molecule has 0 saturated heterocycles. The lowest BCUT2D eigenvalue weighted by Crippen LogP contribution is -2.43. The van der Waals surface area contributed by atoms with Gasteiger partial charge in [0.15, 0.2) is 0 Å². The van der Waals surface area contributed by atoms with Gasteiger partial charge in [0.2, 0.25) is 0 Å². The van der Waals surface area contributed by atoms with E-state index in [1.54, 1.807) is 0 Å². The maximum atomic E-state index is 12.8. The summed E-state index contributed by atoms with van der Waals surface area (Å²) in [5, 5.41) is 6.39. The fourth-order valence-electron chi connectivity index (χ4n) is 3.30. The van der Waals surface area contributed by atoms with Crippen LogP contribution in [0.2, 0.25) is 0 Å². The lowest BCUT2D eigenvalue weighted by Gasteiger charge is -2.25. The number of likely N-dealkylation sites (N-methyl/N-ethyl adjacent to an activating group) is 1. The van der Waals surface area contributed by atoms with Gasteiger partial charge in [-0.3, -0.25) is 0 Å². The first-order valence-corrected chi connectivity index (χ1v) is 9.36. The van der Waals surface area contributed by atoms with Crippen LogP contribution >= 0.6 is 0 Å². The highest BCUT2D eigenvalue weighted by Crippen LogP contribution is 2.41. The molecule has 26 heavy (non-hydrogen) atoms. The van der Waals surface area contributed by atoms with Crippen LogP contribution < -0.4 is 10.6 Å². The molecule has 0 aliphatic heterocycles. The number of amides is 2. The van der Waals surface area contributed by atoms with E-state index in [0.717, 1.165) is 12.1 Å². The van der Waals surface area contributed by atoms with E-state index in [2.05, 4.69) is 58.9 Å². The topological polar surface area (TPSA) is 44.4 Å². The minimum Gasteiger partial charge on any atom is -0.331 e. The zero-order chi connectivity index (χ0) is 18.5. The van der Waals surface area contributed by atoms with Crippen LogP contribution in [0.1, 0.15) is 41.6 Å². The molecule has 2 aromatic carbocycles. The molecule has 1 fully saturated rings. The van der Waals surface area contributed by atoms with Crippen LogP contribution in [0.25, 0.3) is 0 Å². The molecule has 0 heterocycles. The third-order valence-electron chi connectivity index (χ3n) is 4.87. The second-order valence-electron chi connectivity index (χ2n) is 7.57. The fourth-order valence-corrected chi connectivity index (χ4v) is 3.30. The molecule has 2 amide bonds. The SMILES string of the molecule is Cc1ccc(C(NC(=O)NC(CN(C)C)c2ccccc2)C2CC2)cc1. The minimum atomic E-state index is -0.0989. The number of carbonyl (C=O) groups excluding carboxylic acids is 1. The zero-order valence-electron chi connectivity index (χ0n) is 15.9. The Hall–Kier alpha value is -2.33. The summed E-state index contributed by atoms with van der Waals surface area (Å²) in [6, 6.07) is 18.6. The Morgan fingerprint density at radius 2 is 1.65 bits per heavy atom. The molecule has 2 N–H and O–H groups in total. The first-order valence-electron chi connectivity index (χ1n) is 9.36. The molecule has 1 aliphatic carbocycles. The maximum Gasteiger partial charge on any atom is 0.315 e. The van der Waals surface area contributed by atoms with E-state index in [1.165, 1.54) is 24.0 Å². The summed E-state index contributed by atoms with van der Waals surface area (Å²) in [5.74, 6) is 0.549. The summed E-state index contributed by atoms with van der Waals surface area (Å²) in [7, 11) is 4.05. The van der Waals surface area contributed by atoms with E-state index in [4.69, 9.17) is 0 Å². The highest BCUT2D eigenvalue weighted by atomic mass is 16.2. The smallest absolute Gasteiger partial charge is 0.315 e. The van der Waals surface area contributed by atoms with Crippen molar-refractivity contribution in [3.05, 3.63) is 71.3 Å². The number of nitrogens with zero attached hydrogens (tertiary/aromatic N) is 1. The Morgan fingerprint density at radius 1 is 1.00 bits per heavy atom. The molecule has 1 aliphatic rings. The van der Waals surface area contributed by atoms with E-state index in [1.807, 2.05) is 32.3 Å². The zero-order valence-corrected chi connectivity index (χ0v) is 15.9. The molecule has 0 aromatic heterocycles. The van der Waals surface area contributed by atoms with Crippen molar-refractivity contribution < 1.29 is 4.79 Å². The van der Waals surface area contributed by atoms with E-state index >= 15 is 0 Å². The molecule has 3 rings (SSSR count). The van der Waals surface area contributed by atoms with Gasteiger partial charge in [0, 0.05) is 6.54 Å². The standard InChI is InChI=1S/C22H29N3O/c1-16-9-11-18(12-10-16)21(19-13-14-19)24-22(26)23-20(15-25(2)3)17-7-5-4-6-8-17/h4-12,19-21H,13-15H2,1-3H3,(H2,23,24,26). The maximum absolute atomic E-state index is 12.8. The van der Waals surface area contributed by atoms with Crippen LogP contribution in [-0.4, -0.2) is 31.6 Å². The van der Waals surface area contributed by atoms with E-state index in [0.29, 0.717) is 5.92 Å². The number of urea groups is 1. The molecule has 1 saturated carbocycles. The van der Waals surface area contributed by atoms with Gasteiger partial charge in [-0.2, -0.15) is 0 Å². The van der Waals surface area contributed by atoms with Gasteiger partial charge < -0.3 is 15.5 Å². The molecule has 4 nitrogen and oxygen atoms in total. The summed E-state index contributed by atoms with van der Waals surface area (Å²) < 4.78 is 0. The molecule has 2 unspecified atom stereocenters. The van der Waals surface area contributed by atoms with Crippen molar-refractivity contribution in [3.63, 3.8) is 0 Å². The minimum absolute atomic E-state index is 0.0379. The molecule has 2 atom stereocenters. The average molecular weight is 351 g/mol. The molecular formula is C22H29N3O. The Kier molecular flexibility index (Phi) is 5.94. The Bertz CT molecular complexity index is 708. The average Bonchev–Trinajstić information content (AvgIpc) is 3.45. The third kappa shape index (κ3) is 5.09. The molecule has 0 spiro atoms. The summed E-state index contributed by atoms with van der Waals surface area (Å²) in [6.45, 7) is 2.85. The first-order chi connectivity index (χ1) is 12.5. The van der Waals surface area contributed by atoms with Gasteiger partial charge in [-0.1, -0.05) is 60.2 Å². The van der Waals surface area contributed by atoms with Crippen LogP contribution in [0.3, 0.4) is 0 Å². The number of nitrogens with one attached hydrogen (secondary N) is 2. The highest BCUT2D eigenvalue weighted by Gasteiger charge is 2.33. The summed E-state index contributed by atoms with van der Waals surface area (Å²) in [6.07, 6.45) is 2.36. The van der Waals surface area contributed by atoms with Gasteiger partial charge in [0.25, 0.3) is 0 Å². The van der Waals surface area contributed by atoms with E-state index in [-0.39, 0.29) is 18.1 Å². The quantitative estimate of drug-likeness (QED) is 0.790. The lowest BCUT2D eigenvalue weighted by molar-refractivity contribution is 0.227. The molecule has 2 aromatic rings. The number of hydrogen-bond acceptors (Lipinski definition) is 2. The monoisotopic (exact) mass is 351 g/mol. The van der Waals surface area contributed by atoms with E-state index in [9.17, 15) is 4.79 Å². The normalized spacial score (nSPS) is 16.2. The first kappa shape index (κ1) is 18.5. The third-order valence-corrected chi connectivity index (χ3v) is 4.87. The Labute approximate surface area is 156 Å².